The fraction of sp³-hybridized carbons (Fsp3) is 0.938. The van der Waals surface area contributed by atoms with Crippen molar-refractivity contribution >= 4 is 5.91 Å². The van der Waals surface area contributed by atoms with Gasteiger partial charge < -0.3 is 14.7 Å². The minimum absolute atomic E-state index is 0.0599. The van der Waals surface area contributed by atoms with Crippen LogP contribution < -0.4 is 0 Å². The third kappa shape index (κ3) is 4.66. The number of carbonyl (C=O) groups excluding carboxylic acids is 1. The number of ether oxygens (including phenoxy) is 1. The average molecular weight is 298 g/mol. The second-order valence-electron chi connectivity index (χ2n) is 7.66. The zero-order valence-corrected chi connectivity index (χ0v) is 13.7. The Morgan fingerprint density at radius 1 is 1.19 bits per heavy atom. The van der Waals surface area contributed by atoms with Crippen molar-refractivity contribution in [1.82, 2.24) is 9.80 Å². The summed E-state index contributed by atoms with van der Waals surface area (Å²) in [6.07, 6.45) is 2.42. The van der Waals surface area contributed by atoms with E-state index in [1.54, 1.807) is 0 Å². The second kappa shape index (κ2) is 6.63. The molecular weight excluding hydrogens is 268 g/mol. The molecule has 2 saturated heterocycles. The number of aliphatic hydroxyl groups is 1. The molecule has 5 nitrogen and oxygen atoms in total. The lowest BCUT2D eigenvalue weighted by molar-refractivity contribution is -0.161. The van der Waals surface area contributed by atoms with Crippen molar-refractivity contribution in [1.29, 1.82) is 0 Å². The van der Waals surface area contributed by atoms with Crippen molar-refractivity contribution in [3.05, 3.63) is 0 Å². The molecule has 1 amide bonds. The van der Waals surface area contributed by atoms with Crippen molar-refractivity contribution in [2.75, 3.05) is 45.9 Å². The molecule has 0 bridgehead atoms. The summed E-state index contributed by atoms with van der Waals surface area (Å²) in [5.41, 5.74) is -1.15. The standard InChI is InChI=1S/C16H30N2O3/c1-15(2,3)12-18-8-4-6-16(20,14(18)19)13-17-7-5-10-21-11-9-17/h20H,4-13H2,1-3H3/t16-/m0/s1. The molecule has 2 aliphatic rings. The summed E-state index contributed by atoms with van der Waals surface area (Å²) in [6, 6.07) is 0. The van der Waals surface area contributed by atoms with E-state index in [2.05, 4.69) is 25.7 Å². The third-order valence-corrected chi connectivity index (χ3v) is 4.17. The van der Waals surface area contributed by atoms with E-state index >= 15 is 0 Å². The molecule has 2 aliphatic heterocycles. The highest BCUT2D eigenvalue weighted by atomic mass is 16.5. The number of likely N-dealkylation sites (tertiary alicyclic amines) is 1. The fourth-order valence-electron chi connectivity index (χ4n) is 3.26. The molecule has 1 atom stereocenters. The van der Waals surface area contributed by atoms with Crippen LogP contribution in [0.5, 0.6) is 0 Å². The van der Waals surface area contributed by atoms with Gasteiger partial charge in [-0.1, -0.05) is 20.8 Å². The zero-order valence-electron chi connectivity index (χ0n) is 13.7. The SMILES string of the molecule is CC(C)(C)CN1CCC[C@](O)(CN2CCCOCC2)C1=O. The van der Waals surface area contributed by atoms with E-state index < -0.39 is 5.60 Å². The smallest absolute Gasteiger partial charge is 0.255 e. The van der Waals surface area contributed by atoms with E-state index in [1.165, 1.54) is 0 Å². The molecule has 2 rings (SSSR count). The number of β-amino-alcohol motifs (C(OH)–C–C–N with tert-alkyl or cyclic N) is 1. The first-order valence-electron chi connectivity index (χ1n) is 8.12. The molecule has 5 heteroatoms. The van der Waals surface area contributed by atoms with Gasteiger partial charge in [-0.3, -0.25) is 9.69 Å². The molecule has 0 spiro atoms. The number of hydrogen-bond acceptors (Lipinski definition) is 4. The lowest BCUT2D eigenvalue weighted by Gasteiger charge is -2.42. The van der Waals surface area contributed by atoms with Gasteiger partial charge in [0.2, 0.25) is 0 Å². The maximum absolute atomic E-state index is 12.7. The van der Waals surface area contributed by atoms with Gasteiger partial charge in [-0.15, -0.1) is 0 Å². The largest absolute Gasteiger partial charge is 0.380 e. The van der Waals surface area contributed by atoms with Crippen molar-refractivity contribution in [3.8, 4) is 0 Å². The molecule has 2 fully saturated rings. The van der Waals surface area contributed by atoms with Crippen LogP contribution in [-0.4, -0.2) is 72.4 Å². The van der Waals surface area contributed by atoms with Crippen LogP contribution in [0.25, 0.3) is 0 Å². The summed E-state index contributed by atoms with van der Waals surface area (Å²) < 4.78 is 5.44. The molecule has 0 saturated carbocycles. The number of rotatable bonds is 3. The van der Waals surface area contributed by atoms with Gasteiger partial charge >= 0.3 is 0 Å². The van der Waals surface area contributed by atoms with Crippen LogP contribution in [0.3, 0.4) is 0 Å². The normalized spacial score (nSPS) is 29.5. The van der Waals surface area contributed by atoms with Gasteiger partial charge in [-0.05, 0) is 24.7 Å². The molecule has 0 aromatic carbocycles. The summed E-state index contributed by atoms with van der Waals surface area (Å²) in [4.78, 5) is 16.7. The Morgan fingerprint density at radius 3 is 2.67 bits per heavy atom. The van der Waals surface area contributed by atoms with Crippen LogP contribution in [0.15, 0.2) is 0 Å². The first-order chi connectivity index (χ1) is 9.80. The Morgan fingerprint density at radius 2 is 1.95 bits per heavy atom. The van der Waals surface area contributed by atoms with Gasteiger partial charge in [0, 0.05) is 39.3 Å². The van der Waals surface area contributed by atoms with Crippen molar-refractivity contribution in [2.24, 2.45) is 5.41 Å². The predicted octanol–water partition coefficient (Wildman–Crippen LogP) is 1.11. The molecule has 122 valence electrons. The van der Waals surface area contributed by atoms with Crippen molar-refractivity contribution in [2.45, 2.75) is 45.6 Å². The second-order valence-corrected chi connectivity index (χ2v) is 7.66. The molecule has 21 heavy (non-hydrogen) atoms. The molecule has 0 radical (unpaired) electrons. The first-order valence-corrected chi connectivity index (χ1v) is 8.12. The number of nitrogens with zero attached hydrogens (tertiary/aromatic N) is 2. The highest BCUT2D eigenvalue weighted by molar-refractivity contribution is 5.86. The average Bonchev–Trinajstić information content (AvgIpc) is 2.62. The summed E-state index contributed by atoms with van der Waals surface area (Å²) in [7, 11) is 0. The maximum atomic E-state index is 12.7. The Kier molecular flexibility index (Phi) is 5.28. The van der Waals surface area contributed by atoms with Crippen LogP contribution >= 0.6 is 0 Å². The van der Waals surface area contributed by atoms with Crippen LogP contribution in [0.1, 0.15) is 40.0 Å². The van der Waals surface area contributed by atoms with E-state index in [0.717, 1.165) is 39.1 Å². The lowest BCUT2D eigenvalue weighted by Crippen LogP contribution is -2.59. The quantitative estimate of drug-likeness (QED) is 0.848. The molecule has 0 aliphatic carbocycles. The maximum Gasteiger partial charge on any atom is 0.255 e. The summed E-state index contributed by atoms with van der Waals surface area (Å²) in [6.45, 7) is 11.5. The van der Waals surface area contributed by atoms with Crippen LogP contribution in [-0.2, 0) is 9.53 Å². The van der Waals surface area contributed by atoms with E-state index in [1.807, 2.05) is 4.90 Å². The molecule has 0 unspecified atom stereocenters. The Labute approximate surface area is 128 Å². The van der Waals surface area contributed by atoms with Gasteiger partial charge in [0.25, 0.3) is 5.91 Å². The van der Waals surface area contributed by atoms with E-state index in [-0.39, 0.29) is 11.3 Å². The monoisotopic (exact) mass is 298 g/mol. The van der Waals surface area contributed by atoms with Gasteiger partial charge in [-0.25, -0.2) is 0 Å². The van der Waals surface area contributed by atoms with Crippen molar-refractivity contribution in [3.63, 3.8) is 0 Å². The fourth-order valence-corrected chi connectivity index (χ4v) is 3.26. The van der Waals surface area contributed by atoms with E-state index in [0.29, 0.717) is 26.1 Å². The molecular formula is C16H30N2O3. The molecule has 1 N–H and O–H groups in total. The number of hydrogen-bond donors (Lipinski definition) is 1. The topological polar surface area (TPSA) is 53.0 Å². The van der Waals surface area contributed by atoms with Gasteiger partial charge in [0.1, 0.15) is 0 Å². The minimum atomic E-state index is -1.21. The third-order valence-electron chi connectivity index (χ3n) is 4.17. The summed E-state index contributed by atoms with van der Waals surface area (Å²) in [5, 5.41) is 10.9. The molecule has 0 aromatic heterocycles. The molecule has 2 heterocycles. The number of piperidine rings is 1. The Balaban J connectivity index is 2.00. The Hall–Kier alpha value is -0.650. The highest BCUT2D eigenvalue weighted by Crippen LogP contribution is 2.27. The van der Waals surface area contributed by atoms with Gasteiger partial charge in [-0.2, -0.15) is 0 Å². The highest BCUT2D eigenvalue weighted by Gasteiger charge is 2.44. The van der Waals surface area contributed by atoms with E-state index in [4.69, 9.17) is 4.74 Å². The summed E-state index contributed by atoms with van der Waals surface area (Å²) >= 11 is 0. The molecule has 0 aromatic rings. The van der Waals surface area contributed by atoms with Crippen LogP contribution in [0, 0.1) is 5.41 Å². The summed E-state index contributed by atoms with van der Waals surface area (Å²) in [5.74, 6) is -0.0890. The van der Waals surface area contributed by atoms with E-state index in [9.17, 15) is 9.90 Å². The van der Waals surface area contributed by atoms with Gasteiger partial charge in [0.15, 0.2) is 5.60 Å². The first kappa shape index (κ1) is 16.7. The number of carbonyl (C=O) groups is 1. The van der Waals surface area contributed by atoms with Crippen LogP contribution in [0.4, 0.5) is 0 Å². The van der Waals surface area contributed by atoms with Crippen molar-refractivity contribution < 1.29 is 14.6 Å². The lowest BCUT2D eigenvalue weighted by atomic mass is 9.88. The zero-order chi connectivity index (χ0) is 15.5. The predicted molar refractivity (Wildman–Crippen MR) is 82.1 cm³/mol. The Bertz CT molecular complexity index is 359. The van der Waals surface area contributed by atoms with Crippen LogP contribution in [0.2, 0.25) is 0 Å². The number of amides is 1. The minimum Gasteiger partial charge on any atom is -0.380 e. The van der Waals surface area contributed by atoms with Gasteiger partial charge in [0.05, 0.1) is 6.61 Å².